The molecular weight excluding hydrogens is 420 g/mol. The van der Waals surface area contributed by atoms with Crippen molar-refractivity contribution in [1.29, 1.82) is 0 Å². The summed E-state index contributed by atoms with van der Waals surface area (Å²) >= 11 is 0. The zero-order valence-electron chi connectivity index (χ0n) is 19.2. The molecule has 7 nitrogen and oxygen atoms in total. The molecular formula is C26H34N2O5. The highest BCUT2D eigenvalue weighted by atomic mass is 16.4. The van der Waals surface area contributed by atoms with Gasteiger partial charge in [0.15, 0.2) is 0 Å². The Bertz CT molecular complexity index is 886. The predicted molar refractivity (Wildman–Crippen MR) is 126 cm³/mol. The van der Waals surface area contributed by atoms with Crippen LogP contribution in [0.2, 0.25) is 0 Å². The van der Waals surface area contributed by atoms with Gasteiger partial charge >= 0.3 is 5.97 Å². The van der Waals surface area contributed by atoms with Crippen molar-refractivity contribution in [3.63, 3.8) is 0 Å². The van der Waals surface area contributed by atoms with E-state index < -0.39 is 36.0 Å². The zero-order chi connectivity index (χ0) is 24.2. The second-order valence-corrected chi connectivity index (χ2v) is 8.66. The monoisotopic (exact) mass is 454 g/mol. The van der Waals surface area contributed by atoms with Crippen LogP contribution in [0.5, 0.6) is 0 Å². The first-order chi connectivity index (χ1) is 15.8. The number of carboxylic acid groups (broad SMARTS) is 1. The van der Waals surface area contributed by atoms with Crippen molar-refractivity contribution in [2.45, 2.75) is 64.1 Å². The molecule has 0 fully saturated rings. The molecule has 0 saturated heterocycles. The molecule has 2 aromatic rings. The molecule has 33 heavy (non-hydrogen) atoms. The third kappa shape index (κ3) is 9.45. The second-order valence-electron chi connectivity index (χ2n) is 8.66. The maximum Gasteiger partial charge on any atom is 0.326 e. The van der Waals surface area contributed by atoms with Crippen molar-refractivity contribution in [3.8, 4) is 0 Å². The number of amides is 2. The van der Waals surface area contributed by atoms with Gasteiger partial charge in [0.2, 0.25) is 11.8 Å². The molecule has 4 N–H and O–H groups in total. The summed E-state index contributed by atoms with van der Waals surface area (Å²) in [5, 5.41) is 25.1. The Morgan fingerprint density at radius 3 is 1.85 bits per heavy atom. The first-order valence-electron chi connectivity index (χ1n) is 11.4. The molecule has 0 heterocycles. The van der Waals surface area contributed by atoms with E-state index in [-0.39, 0.29) is 12.8 Å². The molecule has 3 atom stereocenters. The normalized spacial score (nSPS) is 13.7. The van der Waals surface area contributed by atoms with Gasteiger partial charge in [-0.25, -0.2) is 4.79 Å². The van der Waals surface area contributed by atoms with E-state index >= 15 is 0 Å². The van der Waals surface area contributed by atoms with E-state index in [1.165, 1.54) is 0 Å². The summed E-state index contributed by atoms with van der Waals surface area (Å²) in [5.74, 6) is -2.06. The molecule has 2 amide bonds. The standard InChI is InChI=1S/C26H34N2O5/c1-18(2)13-15-21(27-25(31)23(29)16-14-19-9-5-3-6-10-19)24(30)28-22(26(32)33)17-20-11-7-4-8-12-20/h3-12,18,21-23,29H,13-17H2,1-2H3,(H,27,31)(H,28,30)(H,32,33)/t21-,22-,23-/m0/s1. The fourth-order valence-corrected chi connectivity index (χ4v) is 3.44. The van der Waals surface area contributed by atoms with Gasteiger partial charge in [-0.3, -0.25) is 9.59 Å². The second kappa shape index (κ2) is 13.4. The summed E-state index contributed by atoms with van der Waals surface area (Å²) in [4.78, 5) is 37.2. The molecule has 0 bridgehead atoms. The van der Waals surface area contributed by atoms with Crippen LogP contribution in [0.3, 0.4) is 0 Å². The van der Waals surface area contributed by atoms with E-state index in [0.29, 0.717) is 25.2 Å². The Morgan fingerprint density at radius 2 is 1.30 bits per heavy atom. The Morgan fingerprint density at radius 1 is 0.758 bits per heavy atom. The van der Waals surface area contributed by atoms with Crippen LogP contribution in [0.4, 0.5) is 0 Å². The number of aliphatic carboxylic acids is 1. The number of nitrogens with one attached hydrogen (secondary N) is 2. The molecule has 0 aliphatic heterocycles. The number of benzene rings is 2. The summed E-state index contributed by atoms with van der Waals surface area (Å²) in [5.41, 5.74) is 1.79. The van der Waals surface area contributed by atoms with Gasteiger partial charge in [0, 0.05) is 6.42 Å². The Hall–Kier alpha value is -3.19. The van der Waals surface area contributed by atoms with Crippen molar-refractivity contribution >= 4 is 17.8 Å². The molecule has 178 valence electrons. The molecule has 0 unspecified atom stereocenters. The lowest BCUT2D eigenvalue weighted by Crippen LogP contribution is -2.53. The SMILES string of the molecule is CC(C)CC[C@H](NC(=O)[C@@H](O)CCc1ccccc1)C(=O)N[C@@H](Cc1ccccc1)C(=O)O. The molecule has 0 aromatic heterocycles. The number of hydrogen-bond donors (Lipinski definition) is 4. The van der Waals surface area contributed by atoms with Gasteiger partial charge in [0.1, 0.15) is 18.2 Å². The van der Waals surface area contributed by atoms with Crippen LogP contribution < -0.4 is 10.6 Å². The van der Waals surface area contributed by atoms with Crippen molar-refractivity contribution < 1.29 is 24.6 Å². The van der Waals surface area contributed by atoms with Crippen molar-refractivity contribution in [3.05, 3.63) is 71.8 Å². The minimum absolute atomic E-state index is 0.131. The van der Waals surface area contributed by atoms with E-state index in [2.05, 4.69) is 10.6 Å². The summed E-state index contributed by atoms with van der Waals surface area (Å²) in [6.07, 6.45) is 0.620. The van der Waals surface area contributed by atoms with Crippen LogP contribution in [0.25, 0.3) is 0 Å². The van der Waals surface area contributed by atoms with E-state index in [0.717, 1.165) is 11.1 Å². The maximum atomic E-state index is 12.9. The smallest absolute Gasteiger partial charge is 0.326 e. The highest BCUT2D eigenvalue weighted by Crippen LogP contribution is 2.11. The Balaban J connectivity index is 2.00. The first kappa shape index (κ1) is 26.1. The summed E-state index contributed by atoms with van der Waals surface area (Å²) in [6.45, 7) is 4.00. The number of carboxylic acids is 1. The topological polar surface area (TPSA) is 116 Å². The number of aliphatic hydroxyl groups is 1. The first-order valence-corrected chi connectivity index (χ1v) is 11.4. The Labute approximate surface area is 195 Å². The van der Waals surface area contributed by atoms with Crippen LogP contribution >= 0.6 is 0 Å². The van der Waals surface area contributed by atoms with Gasteiger partial charge in [-0.1, -0.05) is 74.5 Å². The molecule has 2 rings (SSSR count). The van der Waals surface area contributed by atoms with Crippen LogP contribution in [-0.2, 0) is 27.2 Å². The van der Waals surface area contributed by atoms with Gasteiger partial charge < -0.3 is 20.8 Å². The number of hydrogen-bond acceptors (Lipinski definition) is 4. The molecule has 2 aromatic carbocycles. The van der Waals surface area contributed by atoms with Gasteiger partial charge in [-0.05, 0) is 42.7 Å². The van der Waals surface area contributed by atoms with E-state index in [4.69, 9.17) is 0 Å². The average Bonchev–Trinajstić information content (AvgIpc) is 2.80. The number of aryl methyl sites for hydroxylation is 1. The van der Waals surface area contributed by atoms with E-state index in [1.807, 2.05) is 50.2 Å². The molecule has 7 heteroatoms. The number of aliphatic hydroxyl groups excluding tert-OH is 1. The van der Waals surface area contributed by atoms with E-state index in [9.17, 15) is 24.6 Å². The maximum absolute atomic E-state index is 12.9. The molecule has 0 aliphatic carbocycles. The number of carbonyl (C=O) groups is 3. The lowest BCUT2D eigenvalue weighted by Gasteiger charge is -2.23. The molecule has 0 spiro atoms. The number of rotatable bonds is 13. The molecule has 0 aliphatic rings. The van der Waals surface area contributed by atoms with Crippen LogP contribution in [0.15, 0.2) is 60.7 Å². The fourth-order valence-electron chi connectivity index (χ4n) is 3.44. The van der Waals surface area contributed by atoms with Gasteiger partial charge in [0.25, 0.3) is 0 Å². The van der Waals surface area contributed by atoms with Gasteiger partial charge in [-0.15, -0.1) is 0 Å². The van der Waals surface area contributed by atoms with Crippen molar-refractivity contribution in [1.82, 2.24) is 10.6 Å². The average molecular weight is 455 g/mol. The zero-order valence-corrected chi connectivity index (χ0v) is 19.2. The molecule has 0 saturated carbocycles. The summed E-state index contributed by atoms with van der Waals surface area (Å²) in [6, 6.07) is 16.5. The Kier molecular flexibility index (Phi) is 10.6. The van der Waals surface area contributed by atoms with Crippen LogP contribution in [0.1, 0.15) is 44.2 Å². The highest BCUT2D eigenvalue weighted by Gasteiger charge is 2.28. The van der Waals surface area contributed by atoms with Crippen LogP contribution in [-0.4, -0.2) is 46.2 Å². The molecule has 0 radical (unpaired) electrons. The lowest BCUT2D eigenvalue weighted by atomic mass is 10.0. The van der Waals surface area contributed by atoms with Crippen molar-refractivity contribution in [2.24, 2.45) is 5.92 Å². The predicted octanol–water partition coefficient (Wildman–Crippen LogP) is 2.71. The lowest BCUT2D eigenvalue weighted by molar-refractivity contribution is -0.142. The van der Waals surface area contributed by atoms with Crippen LogP contribution in [0, 0.1) is 5.92 Å². The minimum Gasteiger partial charge on any atom is -0.480 e. The van der Waals surface area contributed by atoms with E-state index in [1.54, 1.807) is 24.3 Å². The largest absolute Gasteiger partial charge is 0.480 e. The fraction of sp³-hybridized carbons (Fsp3) is 0.423. The summed E-state index contributed by atoms with van der Waals surface area (Å²) in [7, 11) is 0. The number of carbonyl (C=O) groups excluding carboxylic acids is 2. The highest BCUT2D eigenvalue weighted by molar-refractivity contribution is 5.91. The minimum atomic E-state index is -1.26. The third-order valence-electron chi connectivity index (χ3n) is 5.41. The quantitative estimate of drug-likeness (QED) is 0.371. The van der Waals surface area contributed by atoms with Gasteiger partial charge in [0.05, 0.1) is 0 Å². The summed E-state index contributed by atoms with van der Waals surface area (Å²) < 4.78 is 0. The van der Waals surface area contributed by atoms with Gasteiger partial charge in [-0.2, -0.15) is 0 Å². The van der Waals surface area contributed by atoms with Crippen molar-refractivity contribution in [2.75, 3.05) is 0 Å². The third-order valence-corrected chi connectivity index (χ3v) is 5.41.